The van der Waals surface area contributed by atoms with E-state index >= 15 is 0 Å². The fourth-order valence-corrected chi connectivity index (χ4v) is 3.88. The van der Waals surface area contributed by atoms with Crippen LogP contribution in [0.15, 0.2) is 60.7 Å². The van der Waals surface area contributed by atoms with Gasteiger partial charge in [0.1, 0.15) is 5.75 Å². The number of ether oxygens (including phenoxy) is 1. The lowest BCUT2D eigenvalue weighted by Crippen LogP contribution is -2.48. The second-order valence-corrected chi connectivity index (χ2v) is 7.81. The van der Waals surface area contributed by atoms with Crippen LogP contribution in [0.4, 0.5) is 19.0 Å². The van der Waals surface area contributed by atoms with Crippen LogP contribution in [0, 0.1) is 0 Å². The van der Waals surface area contributed by atoms with Crippen LogP contribution in [-0.4, -0.2) is 42.3 Å². The molecule has 1 saturated heterocycles. The Bertz CT molecular complexity index is 1100. The average molecular weight is 456 g/mol. The van der Waals surface area contributed by atoms with Crippen molar-refractivity contribution in [2.75, 3.05) is 25.1 Å². The van der Waals surface area contributed by atoms with Crippen LogP contribution in [0.2, 0.25) is 0 Å². The number of benzene rings is 2. The highest BCUT2D eigenvalue weighted by atomic mass is 19.4. The summed E-state index contributed by atoms with van der Waals surface area (Å²) in [5, 5.41) is 11.6. The van der Waals surface area contributed by atoms with Crippen molar-refractivity contribution in [3.63, 3.8) is 0 Å². The molecule has 4 rings (SSSR count). The van der Waals surface area contributed by atoms with Crippen LogP contribution in [-0.2, 0) is 6.18 Å². The number of halogens is 3. The minimum absolute atomic E-state index is 0.149. The van der Waals surface area contributed by atoms with Gasteiger partial charge in [0.15, 0.2) is 5.82 Å². The number of hydrogen-bond acceptors (Lipinski definition) is 5. The maximum Gasteiger partial charge on any atom is 0.416 e. The summed E-state index contributed by atoms with van der Waals surface area (Å²) in [5.74, 6) is 1.01. The van der Waals surface area contributed by atoms with E-state index in [1.54, 1.807) is 7.11 Å². The summed E-state index contributed by atoms with van der Waals surface area (Å²) >= 11 is 0. The van der Waals surface area contributed by atoms with Crippen LogP contribution in [0.5, 0.6) is 5.75 Å². The number of para-hydroxylation sites is 1. The van der Waals surface area contributed by atoms with E-state index < -0.39 is 17.6 Å². The number of carbonyl (C=O) groups is 1. The monoisotopic (exact) mass is 456 g/mol. The molecule has 3 aromatic rings. The highest BCUT2D eigenvalue weighted by Gasteiger charge is 2.30. The van der Waals surface area contributed by atoms with Crippen molar-refractivity contribution in [2.45, 2.75) is 25.1 Å². The first-order chi connectivity index (χ1) is 15.8. The number of methoxy groups -OCH3 is 1. The van der Waals surface area contributed by atoms with Gasteiger partial charge in [-0.2, -0.15) is 13.2 Å². The second-order valence-electron chi connectivity index (χ2n) is 7.81. The average Bonchev–Trinajstić information content (AvgIpc) is 2.84. The third kappa shape index (κ3) is 5.24. The third-order valence-corrected chi connectivity index (χ3v) is 5.59. The minimum atomic E-state index is -4.43. The van der Waals surface area contributed by atoms with Gasteiger partial charge in [0.25, 0.3) is 5.91 Å². The summed E-state index contributed by atoms with van der Waals surface area (Å²) < 4.78 is 43.6. The molecule has 33 heavy (non-hydrogen) atoms. The number of piperidine rings is 1. The summed E-state index contributed by atoms with van der Waals surface area (Å²) in [6, 6.07) is 15.4. The Hall–Kier alpha value is -3.62. The van der Waals surface area contributed by atoms with Crippen molar-refractivity contribution in [1.29, 1.82) is 0 Å². The molecule has 1 aromatic heterocycles. The lowest BCUT2D eigenvalue weighted by molar-refractivity contribution is -0.137. The zero-order valence-electron chi connectivity index (χ0n) is 18.0. The first-order valence-electron chi connectivity index (χ1n) is 10.6. The molecular weight excluding hydrogens is 433 g/mol. The molecule has 1 aliphatic rings. The lowest BCUT2D eigenvalue weighted by atomic mass is 10.0. The second kappa shape index (κ2) is 9.48. The summed E-state index contributed by atoms with van der Waals surface area (Å²) in [7, 11) is 1.60. The van der Waals surface area contributed by atoms with Crippen molar-refractivity contribution in [2.24, 2.45) is 0 Å². The largest absolute Gasteiger partial charge is 0.496 e. The van der Waals surface area contributed by atoms with Crippen LogP contribution in [0.1, 0.15) is 28.8 Å². The molecule has 1 atom stereocenters. The fraction of sp³-hybridized carbons (Fsp3) is 0.292. The Kier molecular flexibility index (Phi) is 6.48. The van der Waals surface area contributed by atoms with E-state index in [1.807, 2.05) is 41.3 Å². The maximum absolute atomic E-state index is 12.7. The van der Waals surface area contributed by atoms with Gasteiger partial charge in [-0.15, -0.1) is 10.2 Å². The molecule has 1 amide bonds. The van der Waals surface area contributed by atoms with Gasteiger partial charge in [0, 0.05) is 30.3 Å². The topological polar surface area (TPSA) is 67.3 Å². The van der Waals surface area contributed by atoms with Crippen molar-refractivity contribution in [1.82, 2.24) is 15.5 Å². The first kappa shape index (κ1) is 22.6. The predicted molar refractivity (Wildman–Crippen MR) is 118 cm³/mol. The number of alkyl halides is 3. The third-order valence-electron chi connectivity index (χ3n) is 5.59. The van der Waals surface area contributed by atoms with Crippen molar-refractivity contribution in [3.05, 3.63) is 71.8 Å². The zero-order valence-corrected chi connectivity index (χ0v) is 18.0. The Morgan fingerprint density at radius 1 is 1.06 bits per heavy atom. The number of hydrogen-bond donors (Lipinski definition) is 1. The number of nitrogens with zero attached hydrogens (tertiary/aromatic N) is 3. The van der Waals surface area contributed by atoms with Gasteiger partial charge in [-0.3, -0.25) is 4.79 Å². The Morgan fingerprint density at radius 2 is 1.82 bits per heavy atom. The number of anilines is 1. The summed E-state index contributed by atoms with van der Waals surface area (Å²) in [5.41, 5.74) is 0.957. The first-order valence-corrected chi connectivity index (χ1v) is 10.6. The van der Waals surface area contributed by atoms with Gasteiger partial charge < -0.3 is 15.0 Å². The number of aromatic nitrogens is 2. The molecule has 1 fully saturated rings. The molecule has 1 aliphatic heterocycles. The van der Waals surface area contributed by atoms with E-state index in [1.165, 1.54) is 12.1 Å². The molecule has 172 valence electrons. The minimum Gasteiger partial charge on any atom is -0.496 e. The molecule has 2 aromatic carbocycles. The standard InChI is InChI=1S/C24H23F3N4O2/c1-33-21-7-3-2-6-19(21)20-12-13-22(30-29-20)31-14-4-5-18(15-31)28-23(32)16-8-10-17(11-9-16)24(25,26)27/h2-3,6-13,18H,4-5,14-15H2,1H3,(H,28,32). The van der Waals surface area contributed by atoms with Crippen molar-refractivity contribution >= 4 is 11.7 Å². The van der Waals surface area contributed by atoms with Crippen LogP contribution < -0.4 is 15.0 Å². The summed E-state index contributed by atoms with van der Waals surface area (Å²) in [6.07, 6.45) is -2.81. The molecule has 0 radical (unpaired) electrons. The van der Waals surface area contributed by atoms with Crippen LogP contribution in [0.25, 0.3) is 11.3 Å². The van der Waals surface area contributed by atoms with Crippen LogP contribution in [0.3, 0.4) is 0 Å². The van der Waals surface area contributed by atoms with E-state index in [9.17, 15) is 18.0 Å². The van der Waals surface area contributed by atoms with Gasteiger partial charge in [-0.05, 0) is 61.4 Å². The van der Waals surface area contributed by atoms with Gasteiger partial charge >= 0.3 is 6.18 Å². The smallest absolute Gasteiger partial charge is 0.416 e. The van der Waals surface area contributed by atoms with E-state index in [0.717, 1.165) is 37.1 Å². The number of rotatable bonds is 5. The van der Waals surface area contributed by atoms with Crippen molar-refractivity contribution < 1.29 is 22.7 Å². The molecule has 0 saturated carbocycles. The SMILES string of the molecule is COc1ccccc1-c1ccc(N2CCCC(NC(=O)c3ccc(C(F)(F)F)cc3)C2)nn1. The van der Waals surface area contributed by atoms with Gasteiger partial charge in [0.2, 0.25) is 0 Å². The number of amides is 1. The molecule has 0 bridgehead atoms. The Labute approximate surface area is 189 Å². The Balaban J connectivity index is 1.40. The van der Waals surface area contributed by atoms with E-state index in [-0.39, 0.29) is 11.6 Å². The van der Waals surface area contributed by atoms with Gasteiger partial charge in [0.05, 0.1) is 18.4 Å². The molecule has 0 aliphatic carbocycles. The lowest BCUT2D eigenvalue weighted by Gasteiger charge is -2.33. The predicted octanol–water partition coefficient (Wildman–Crippen LogP) is 4.57. The summed E-state index contributed by atoms with van der Waals surface area (Å²) in [4.78, 5) is 14.6. The van der Waals surface area contributed by atoms with E-state index in [0.29, 0.717) is 23.8 Å². The molecular formula is C24H23F3N4O2. The maximum atomic E-state index is 12.7. The molecule has 0 spiro atoms. The number of nitrogens with one attached hydrogen (secondary N) is 1. The normalized spacial score (nSPS) is 16.4. The van der Waals surface area contributed by atoms with E-state index in [2.05, 4.69) is 15.5 Å². The Morgan fingerprint density at radius 3 is 2.48 bits per heavy atom. The van der Waals surface area contributed by atoms with Crippen LogP contribution >= 0.6 is 0 Å². The van der Waals surface area contributed by atoms with E-state index in [4.69, 9.17) is 4.74 Å². The highest BCUT2D eigenvalue weighted by molar-refractivity contribution is 5.94. The highest BCUT2D eigenvalue weighted by Crippen LogP contribution is 2.30. The molecule has 2 heterocycles. The number of carbonyl (C=O) groups excluding carboxylic acids is 1. The molecule has 1 N–H and O–H groups in total. The van der Waals surface area contributed by atoms with Crippen molar-refractivity contribution in [3.8, 4) is 17.0 Å². The fourth-order valence-electron chi connectivity index (χ4n) is 3.88. The van der Waals surface area contributed by atoms with Gasteiger partial charge in [-0.25, -0.2) is 0 Å². The molecule has 6 nitrogen and oxygen atoms in total. The molecule has 9 heteroatoms. The van der Waals surface area contributed by atoms with Gasteiger partial charge in [-0.1, -0.05) is 12.1 Å². The molecule has 1 unspecified atom stereocenters. The quantitative estimate of drug-likeness (QED) is 0.609. The summed E-state index contributed by atoms with van der Waals surface area (Å²) in [6.45, 7) is 1.31. The zero-order chi connectivity index (χ0) is 23.4.